The minimum absolute atomic E-state index is 0.146. The van der Waals surface area contributed by atoms with Crippen molar-refractivity contribution in [3.8, 4) is 0 Å². The summed E-state index contributed by atoms with van der Waals surface area (Å²) >= 11 is 0. The Morgan fingerprint density at radius 2 is 2.14 bits per heavy atom. The first-order valence-corrected chi connectivity index (χ1v) is 5.12. The molecule has 1 atom stereocenters. The number of aromatic nitrogens is 1. The molecule has 0 unspecified atom stereocenters. The number of hydrogen-bond donors (Lipinski definition) is 1. The van der Waals surface area contributed by atoms with Crippen molar-refractivity contribution in [2.45, 2.75) is 39.2 Å². The summed E-state index contributed by atoms with van der Waals surface area (Å²) in [4.78, 5) is 4.33. The van der Waals surface area contributed by atoms with Crippen LogP contribution in [-0.4, -0.2) is 10.1 Å². The molecule has 0 bridgehead atoms. The highest BCUT2D eigenvalue weighted by Crippen LogP contribution is 2.47. The molecule has 0 saturated heterocycles. The summed E-state index contributed by atoms with van der Waals surface area (Å²) in [6.07, 6.45) is 3.50. The van der Waals surface area contributed by atoms with Crippen molar-refractivity contribution in [3.05, 3.63) is 29.6 Å². The fraction of sp³-hybridized carbons (Fsp3) is 0.583. The molecule has 0 radical (unpaired) electrons. The fourth-order valence-corrected chi connectivity index (χ4v) is 2.18. The first kappa shape index (κ1) is 9.66. The second-order valence-corrected chi connectivity index (χ2v) is 5.12. The molecular formula is C12H17NO. The quantitative estimate of drug-likeness (QED) is 0.682. The Morgan fingerprint density at radius 3 is 2.79 bits per heavy atom. The van der Waals surface area contributed by atoms with Gasteiger partial charge in [-0.1, -0.05) is 26.8 Å². The zero-order chi connectivity index (χ0) is 10.4. The lowest BCUT2D eigenvalue weighted by molar-refractivity contribution is -0.0655. The van der Waals surface area contributed by atoms with Crippen molar-refractivity contribution >= 4 is 0 Å². The smallest absolute Gasteiger partial charge is 0.112 e. The molecular weight excluding hydrogens is 174 g/mol. The van der Waals surface area contributed by atoms with Crippen LogP contribution in [0.15, 0.2) is 18.3 Å². The number of fused-ring (bicyclic) bond motifs is 1. The van der Waals surface area contributed by atoms with Crippen LogP contribution in [0, 0.1) is 5.41 Å². The molecule has 76 valence electrons. The van der Waals surface area contributed by atoms with Gasteiger partial charge < -0.3 is 5.11 Å². The molecule has 2 heteroatoms. The summed E-state index contributed by atoms with van der Waals surface area (Å²) in [6, 6.07) is 4.00. The molecule has 1 aliphatic carbocycles. The molecule has 0 amide bonds. The van der Waals surface area contributed by atoms with Gasteiger partial charge in [-0.15, -0.1) is 0 Å². The van der Waals surface area contributed by atoms with Crippen molar-refractivity contribution in [2.75, 3.05) is 0 Å². The first-order chi connectivity index (χ1) is 6.45. The van der Waals surface area contributed by atoms with Crippen LogP contribution in [0.2, 0.25) is 0 Å². The van der Waals surface area contributed by atoms with Gasteiger partial charge in [0.25, 0.3) is 0 Å². The summed E-state index contributed by atoms with van der Waals surface area (Å²) < 4.78 is 0. The van der Waals surface area contributed by atoms with Gasteiger partial charge in [0, 0.05) is 6.20 Å². The molecule has 0 aliphatic heterocycles. The predicted molar refractivity (Wildman–Crippen MR) is 55.9 cm³/mol. The summed E-state index contributed by atoms with van der Waals surface area (Å²) in [5.74, 6) is 0. The first-order valence-electron chi connectivity index (χ1n) is 5.12. The van der Waals surface area contributed by atoms with Crippen LogP contribution in [0.5, 0.6) is 0 Å². The van der Waals surface area contributed by atoms with Gasteiger partial charge in [-0.2, -0.15) is 0 Å². The molecule has 2 rings (SSSR count). The van der Waals surface area contributed by atoms with E-state index in [9.17, 15) is 5.11 Å². The SMILES string of the molecule is CC(C)(C)[C@@]1(O)CCc2cccnc21. The lowest BCUT2D eigenvalue weighted by Gasteiger charge is -2.36. The standard InChI is InChI=1S/C12H17NO/c1-11(2,3)12(14)7-6-9-5-4-8-13-10(9)12/h4-5,8,14H,6-7H2,1-3H3/t12-/m1/s1. The van der Waals surface area contributed by atoms with Crippen LogP contribution in [0.25, 0.3) is 0 Å². The molecule has 2 nitrogen and oxygen atoms in total. The van der Waals surface area contributed by atoms with E-state index in [-0.39, 0.29) is 5.41 Å². The Balaban J connectivity index is 2.53. The van der Waals surface area contributed by atoms with Crippen LogP contribution in [-0.2, 0) is 12.0 Å². The van der Waals surface area contributed by atoms with Gasteiger partial charge in [0.05, 0.1) is 5.69 Å². The normalized spacial score (nSPS) is 26.3. The zero-order valence-corrected chi connectivity index (χ0v) is 9.04. The highest BCUT2D eigenvalue weighted by atomic mass is 16.3. The predicted octanol–water partition coefficient (Wildman–Crippen LogP) is 2.26. The third-order valence-electron chi connectivity index (χ3n) is 3.28. The topological polar surface area (TPSA) is 33.1 Å². The molecule has 1 aromatic rings. The van der Waals surface area contributed by atoms with Crippen LogP contribution in [0.4, 0.5) is 0 Å². The van der Waals surface area contributed by atoms with Gasteiger partial charge in [0.15, 0.2) is 0 Å². The third-order valence-corrected chi connectivity index (χ3v) is 3.28. The molecule has 0 spiro atoms. The van der Waals surface area contributed by atoms with Gasteiger partial charge in [0.2, 0.25) is 0 Å². The number of pyridine rings is 1. The molecule has 1 heterocycles. The summed E-state index contributed by atoms with van der Waals surface area (Å²) in [5.41, 5.74) is 1.19. The van der Waals surface area contributed by atoms with Crippen molar-refractivity contribution in [1.29, 1.82) is 0 Å². The largest absolute Gasteiger partial charge is 0.383 e. The minimum Gasteiger partial charge on any atom is -0.383 e. The van der Waals surface area contributed by atoms with Gasteiger partial charge in [-0.25, -0.2) is 0 Å². The van der Waals surface area contributed by atoms with E-state index in [0.29, 0.717) is 0 Å². The van der Waals surface area contributed by atoms with E-state index in [0.717, 1.165) is 18.5 Å². The van der Waals surface area contributed by atoms with E-state index in [1.165, 1.54) is 5.56 Å². The zero-order valence-electron chi connectivity index (χ0n) is 9.04. The molecule has 14 heavy (non-hydrogen) atoms. The monoisotopic (exact) mass is 191 g/mol. The Hall–Kier alpha value is -0.890. The highest BCUT2D eigenvalue weighted by Gasteiger charge is 2.47. The molecule has 0 saturated carbocycles. The Bertz CT molecular complexity index is 354. The molecule has 1 aromatic heterocycles. The minimum atomic E-state index is -0.746. The Kier molecular flexibility index (Phi) is 1.93. The van der Waals surface area contributed by atoms with Gasteiger partial charge in [-0.05, 0) is 29.9 Å². The van der Waals surface area contributed by atoms with Crippen molar-refractivity contribution in [3.63, 3.8) is 0 Å². The maximum absolute atomic E-state index is 10.6. The van der Waals surface area contributed by atoms with Gasteiger partial charge >= 0.3 is 0 Å². The van der Waals surface area contributed by atoms with E-state index >= 15 is 0 Å². The molecule has 1 aliphatic rings. The summed E-state index contributed by atoms with van der Waals surface area (Å²) in [7, 11) is 0. The molecule has 0 fully saturated rings. The number of aryl methyl sites for hydroxylation is 1. The lowest BCUT2D eigenvalue weighted by atomic mass is 9.75. The van der Waals surface area contributed by atoms with E-state index < -0.39 is 5.60 Å². The number of nitrogens with zero attached hydrogens (tertiary/aromatic N) is 1. The second-order valence-electron chi connectivity index (χ2n) is 5.12. The van der Waals surface area contributed by atoms with E-state index in [2.05, 4.69) is 31.8 Å². The van der Waals surface area contributed by atoms with Gasteiger partial charge in [-0.3, -0.25) is 4.98 Å². The number of hydrogen-bond acceptors (Lipinski definition) is 2. The fourth-order valence-electron chi connectivity index (χ4n) is 2.18. The Labute approximate surface area is 85.0 Å². The van der Waals surface area contributed by atoms with Crippen LogP contribution in [0.1, 0.15) is 38.4 Å². The maximum atomic E-state index is 10.6. The summed E-state index contributed by atoms with van der Waals surface area (Å²) in [5, 5.41) is 10.6. The molecule has 0 aromatic carbocycles. The van der Waals surface area contributed by atoms with Crippen LogP contribution < -0.4 is 0 Å². The van der Waals surface area contributed by atoms with E-state index in [1.807, 2.05) is 6.07 Å². The highest BCUT2D eigenvalue weighted by molar-refractivity contribution is 5.32. The van der Waals surface area contributed by atoms with Crippen LogP contribution in [0.3, 0.4) is 0 Å². The Morgan fingerprint density at radius 1 is 1.43 bits per heavy atom. The van der Waals surface area contributed by atoms with Crippen LogP contribution >= 0.6 is 0 Å². The van der Waals surface area contributed by atoms with Crippen molar-refractivity contribution in [2.24, 2.45) is 5.41 Å². The van der Waals surface area contributed by atoms with Gasteiger partial charge in [0.1, 0.15) is 5.60 Å². The number of aliphatic hydroxyl groups is 1. The third kappa shape index (κ3) is 1.17. The van der Waals surface area contributed by atoms with Crippen molar-refractivity contribution < 1.29 is 5.11 Å². The lowest BCUT2D eigenvalue weighted by Crippen LogP contribution is -2.38. The molecule has 1 N–H and O–H groups in total. The second kappa shape index (κ2) is 2.80. The average Bonchev–Trinajstić information content (AvgIpc) is 2.45. The average molecular weight is 191 g/mol. The van der Waals surface area contributed by atoms with E-state index in [1.54, 1.807) is 6.20 Å². The summed E-state index contributed by atoms with van der Waals surface area (Å²) in [6.45, 7) is 6.20. The number of rotatable bonds is 0. The van der Waals surface area contributed by atoms with Crippen molar-refractivity contribution in [1.82, 2.24) is 4.98 Å². The van der Waals surface area contributed by atoms with E-state index in [4.69, 9.17) is 0 Å². The maximum Gasteiger partial charge on any atom is 0.112 e.